The number of carbonyl (C=O) groups excluding carboxylic acids is 2. The van der Waals surface area contributed by atoms with Gasteiger partial charge in [0, 0.05) is 0 Å². The minimum atomic E-state index is -5.05. The van der Waals surface area contributed by atoms with Crippen LogP contribution >= 0.6 is 0 Å². The lowest BCUT2D eigenvalue weighted by Crippen LogP contribution is -2.43. The third-order valence-electron chi connectivity index (χ3n) is 2.67. The molecule has 0 heterocycles. The lowest BCUT2D eigenvalue weighted by Gasteiger charge is -2.17. The van der Waals surface area contributed by atoms with Crippen LogP contribution in [0.4, 0.5) is 13.2 Å². The quantitative estimate of drug-likeness (QED) is 0.668. The molecule has 2 N–H and O–H groups in total. The van der Waals surface area contributed by atoms with Crippen molar-refractivity contribution in [3.05, 3.63) is 24.3 Å². The second kappa shape index (κ2) is 8.96. The largest absolute Gasteiger partial charge is 0.497 e. The Kier molecular flexibility index (Phi) is 7.31. The number of hydrogen-bond acceptors (Lipinski definition) is 6. The van der Waals surface area contributed by atoms with E-state index in [4.69, 9.17) is 19.3 Å². The van der Waals surface area contributed by atoms with Gasteiger partial charge in [-0.2, -0.15) is 13.2 Å². The number of benzene rings is 1. The van der Waals surface area contributed by atoms with E-state index in [1.807, 2.05) is 0 Å². The summed E-state index contributed by atoms with van der Waals surface area (Å²) in [4.78, 5) is 22.2. The third-order valence-corrected chi connectivity index (χ3v) is 2.67. The summed E-state index contributed by atoms with van der Waals surface area (Å²) in [5.41, 5.74) is 0. The average molecular weight is 351 g/mol. The Morgan fingerprint density at radius 1 is 1.21 bits per heavy atom. The number of esters is 1. The van der Waals surface area contributed by atoms with Crippen LogP contribution < -0.4 is 14.8 Å². The van der Waals surface area contributed by atoms with Gasteiger partial charge in [0.1, 0.15) is 17.6 Å². The van der Waals surface area contributed by atoms with Gasteiger partial charge in [-0.1, -0.05) is 0 Å². The Labute approximate surface area is 135 Å². The summed E-state index contributed by atoms with van der Waals surface area (Å²) in [5.74, 6) is -2.16. The summed E-state index contributed by atoms with van der Waals surface area (Å²) in [6.45, 7) is -1.95. The molecule has 0 aliphatic rings. The molecule has 10 heteroatoms. The fourth-order valence-electron chi connectivity index (χ4n) is 1.48. The molecule has 1 unspecified atom stereocenters. The molecular formula is C14H16F3NO6. The molecule has 1 amide bonds. The number of carbonyl (C=O) groups is 2. The molecule has 0 aromatic heterocycles. The van der Waals surface area contributed by atoms with Crippen molar-refractivity contribution in [3.8, 4) is 11.5 Å². The van der Waals surface area contributed by atoms with Crippen LogP contribution in [0.1, 0.15) is 0 Å². The van der Waals surface area contributed by atoms with Gasteiger partial charge in [-0.25, -0.2) is 4.79 Å². The van der Waals surface area contributed by atoms with E-state index in [2.05, 4.69) is 0 Å². The maximum Gasteiger partial charge on any atom is 0.471 e. The fourth-order valence-corrected chi connectivity index (χ4v) is 1.48. The summed E-state index contributed by atoms with van der Waals surface area (Å²) in [6, 6.07) is 6.28. The van der Waals surface area contributed by atoms with Crippen LogP contribution in [0.15, 0.2) is 24.3 Å². The van der Waals surface area contributed by atoms with Crippen LogP contribution in [0.3, 0.4) is 0 Å². The number of aliphatic hydroxyl groups excluding tert-OH is 1. The molecular weight excluding hydrogens is 335 g/mol. The molecule has 0 fully saturated rings. The van der Waals surface area contributed by atoms with Crippen LogP contribution in [0.25, 0.3) is 0 Å². The van der Waals surface area contributed by atoms with Crippen molar-refractivity contribution in [2.75, 3.05) is 26.9 Å². The molecule has 1 aromatic carbocycles. The molecule has 1 aromatic rings. The minimum absolute atomic E-state index is 0.346. The average Bonchev–Trinajstić information content (AvgIpc) is 2.55. The van der Waals surface area contributed by atoms with E-state index in [0.29, 0.717) is 11.5 Å². The number of hydrogen-bond donors (Lipinski definition) is 2. The highest BCUT2D eigenvalue weighted by Gasteiger charge is 2.38. The molecule has 0 saturated heterocycles. The monoisotopic (exact) mass is 351 g/mol. The zero-order valence-electron chi connectivity index (χ0n) is 12.6. The Balaban J connectivity index is 2.39. The molecule has 0 aliphatic heterocycles. The molecule has 134 valence electrons. The zero-order chi connectivity index (χ0) is 18.2. The van der Waals surface area contributed by atoms with Crippen LogP contribution in [-0.2, 0) is 14.3 Å². The SMILES string of the molecule is COc1ccc(OCC(=O)OC(CO)CNC(=O)C(F)(F)F)cc1. The normalized spacial score (nSPS) is 12.2. The maximum atomic E-state index is 12.0. The van der Waals surface area contributed by atoms with Crippen molar-refractivity contribution in [2.45, 2.75) is 12.3 Å². The predicted molar refractivity (Wildman–Crippen MR) is 74.5 cm³/mol. The Morgan fingerprint density at radius 2 is 1.79 bits per heavy atom. The standard InChI is InChI=1S/C14H16F3NO6/c1-22-9-2-4-10(5-3-9)23-8-12(20)24-11(7-19)6-18-13(21)14(15,16)17/h2-5,11,19H,6-8H2,1H3,(H,18,21). The molecule has 7 nitrogen and oxygen atoms in total. The first-order chi connectivity index (χ1) is 11.3. The van der Waals surface area contributed by atoms with Gasteiger partial charge < -0.3 is 24.6 Å². The first-order valence-electron chi connectivity index (χ1n) is 6.68. The number of methoxy groups -OCH3 is 1. The Bertz CT molecular complexity index is 546. The van der Waals surface area contributed by atoms with Gasteiger partial charge in [0.15, 0.2) is 6.61 Å². The van der Waals surface area contributed by atoms with E-state index in [0.717, 1.165) is 0 Å². The smallest absolute Gasteiger partial charge is 0.471 e. The van der Waals surface area contributed by atoms with Crippen molar-refractivity contribution in [1.29, 1.82) is 0 Å². The van der Waals surface area contributed by atoms with E-state index in [1.165, 1.54) is 12.4 Å². The number of nitrogens with one attached hydrogen (secondary N) is 1. The van der Waals surface area contributed by atoms with Crippen molar-refractivity contribution in [3.63, 3.8) is 0 Å². The first-order valence-corrected chi connectivity index (χ1v) is 6.68. The van der Waals surface area contributed by atoms with Crippen molar-refractivity contribution < 1.29 is 42.1 Å². The zero-order valence-corrected chi connectivity index (χ0v) is 12.6. The van der Waals surface area contributed by atoms with E-state index in [1.54, 1.807) is 24.3 Å². The van der Waals surface area contributed by atoms with Crippen molar-refractivity contribution >= 4 is 11.9 Å². The summed E-state index contributed by atoms with van der Waals surface area (Å²) < 4.78 is 50.8. The molecule has 0 bridgehead atoms. The van der Waals surface area contributed by atoms with E-state index in [-0.39, 0.29) is 0 Å². The number of ether oxygens (including phenoxy) is 3. The molecule has 1 rings (SSSR count). The Hall–Kier alpha value is -2.49. The summed E-state index contributed by atoms with van der Waals surface area (Å²) in [6.07, 6.45) is -6.37. The lowest BCUT2D eigenvalue weighted by atomic mass is 10.3. The van der Waals surface area contributed by atoms with Crippen LogP contribution in [0.2, 0.25) is 0 Å². The molecule has 24 heavy (non-hydrogen) atoms. The molecule has 0 spiro atoms. The number of amides is 1. The fraction of sp³-hybridized carbons (Fsp3) is 0.429. The number of alkyl halides is 3. The molecule has 0 aliphatic carbocycles. The van der Waals surface area contributed by atoms with Crippen LogP contribution in [0.5, 0.6) is 11.5 Å². The van der Waals surface area contributed by atoms with Crippen molar-refractivity contribution in [1.82, 2.24) is 5.32 Å². The van der Waals surface area contributed by atoms with E-state index >= 15 is 0 Å². The lowest BCUT2D eigenvalue weighted by molar-refractivity contribution is -0.174. The number of halogens is 3. The third kappa shape index (κ3) is 6.73. The summed E-state index contributed by atoms with van der Waals surface area (Å²) >= 11 is 0. The van der Waals surface area contributed by atoms with Gasteiger partial charge in [0.05, 0.1) is 20.3 Å². The predicted octanol–water partition coefficient (Wildman–Crippen LogP) is 0.657. The van der Waals surface area contributed by atoms with Gasteiger partial charge in [-0.05, 0) is 24.3 Å². The molecule has 0 radical (unpaired) electrons. The van der Waals surface area contributed by atoms with Gasteiger partial charge in [-0.3, -0.25) is 4.79 Å². The highest BCUT2D eigenvalue weighted by Crippen LogP contribution is 2.17. The van der Waals surface area contributed by atoms with Gasteiger partial charge >= 0.3 is 18.1 Å². The topological polar surface area (TPSA) is 94.1 Å². The highest BCUT2D eigenvalue weighted by atomic mass is 19.4. The number of rotatable bonds is 8. The van der Waals surface area contributed by atoms with Crippen molar-refractivity contribution in [2.24, 2.45) is 0 Å². The van der Waals surface area contributed by atoms with E-state index in [9.17, 15) is 22.8 Å². The molecule has 0 saturated carbocycles. The molecule has 1 atom stereocenters. The minimum Gasteiger partial charge on any atom is -0.497 e. The van der Waals surface area contributed by atoms with E-state index < -0.39 is 43.9 Å². The van der Waals surface area contributed by atoms with Crippen LogP contribution in [-0.4, -0.2) is 56.1 Å². The number of aliphatic hydroxyl groups is 1. The van der Waals surface area contributed by atoms with Gasteiger partial charge in [0.25, 0.3) is 0 Å². The summed E-state index contributed by atoms with van der Waals surface area (Å²) in [5, 5.41) is 10.5. The maximum absolute atomic E-state index is 12.0. The summed E-state index contributed by atoms with van der Waals surface area (Å²) in [7, 11) is 1.49. The Morgan fingerprint density at radius 3 is 2.29 bits per heavy atom. The first kappa shape index (κ1) is 19.6. The second-order valence-electron chi connectivity index (χ2n) is 4.47. The van der Waals surface area contributed by atoms with Gasteiger partial charge in [-0.15, -0.1) is 0 Å². The second-order valence-corrected chi connectivity index (χ2v) is 4.47. The highest BCUT2D eigenvalue weighted by molar-refractivity contribution is 5.81. The van der Waals surface area contributed by atoms with Crippen LogP contribution in [0, 0.1) is 0 Å². The van der Waals surface area contributed by atoms with Gasteiger partial charge in [0.2, 0.25) is 0 Å².